The Kier molecular flexibility index (Phi) is 9.07. The fourth-order valence-corrected chi connectivity index (χ4v) is 2.84. The number of unbranched alkanes of at least 4 members (excludes halogenated alkanes) is 6. The van der Waals surface area contributed by atoms with Crippen molar-refractivity contribution in [3.8, 4) is 0 Å². The van der Waals surface area contributed by atoms with E-state index in [1.807, 2.05) is 0 Å². The third-order valence-electron chi connectivity index (χ3n) is 4.08. The highest BCUT2D eigenvalue weighted by atomic mass is 16.5. The number of aliphatic carboxylic acids is 2. The van der Waals surface area contributed by atoms with E-state index < -0.39 is 24.3 Å². The van der Waals surface area contributed by atoms with Crippen molar-refractivity contribution >= 4 is 11.9 Å². The minimum atomic E-state index is -1.17. The predicted octanol–water partition coefficient (Wildman–Crippen LogP) is 2.67. The van der Waals surface area contributed by atoms with Crippen LogP contribution in [0.4, 0.5) is 0 Å². The van der Waals surface area contributed by atoms with Crippen LogP contribution in [0.1, 0.15) is 64.7 Å². The molecule has 0 aromatic carbocycles. The summed E-state index contributed by atoms with van der Waals surface area (Å²) in [5.74, 6) is -2.13. The number of carboxylic acids is 2. The number of aromatic amines is 1. The number of imidazole rings is 1. The summed E-state index contributed by atoms with van der Waals surface area (Å²) in [6, 6.07) is 0. The van der Waals surface area contributed by atoms with Gasteiger partial charge >= 0.3 is 11.9 Å². The maximum absolute atomic E-state index is 11.3. The van der Waals surface area contributed by atoms with E-state index in [4.69, 9.17) is 9.84 Å². The third-order valence-corrected chi connectivity index (χ3v) is 4.08. The van der Waals surface area contributed by atoms with Gasteiger partial charge in [0, 0.05) is 6.42 Å². The number of hydrogen-bond acceptors (Lipinski definition) is 3. The SMILES string of the molecule is CCCCCCCCCC(CC(=O)O)(OCC(=O)O)[n+]1cc[nH]c1. The van der Waals surface area contributed by atoms with Crippen LogP contribution in [0.5, 0.6) is 0 Å². The Balaban J connectivity index is 2.68. The van der Waals surface area contributed by atoms with Crippen LogP contribution in [-0.4, -0.2) is 33.7 Å². The molecule has 0 aliphatic carbocycles. The number of H-pyrrole nitrogens is 1. The summed E-state index contributed by atoms with van der Waals surface area (Å²) >= 11 is 0. The molecule has 1 unspecified atom stereocenters. The van der Waals surface area contributed by atoms with Crippen molar-refractivity contribution in [3.63, 3.8) is 0 Å². The van der Waals surface area contributed by atoms with Crippen LogP contribution in [0.25, 0.3) is 0 Å². The standard InChI is InChI=1S/C17H28N2O5/c1-2-3-4-5-6-7-8-9-17(12-15(20)21,24-13-16(22)23)19-11-10-18-14-19/h10-11,14H,2-9,12-13H2,1H3,(H2,20,21,22,23)/p+1. The van der Waals surface area contributed by atoms with E-state index in [-0.39, 0.29) is 6.42 Å². The zero-order valence-electron chi connectivity index (χ0n) is 14.4. The van der Waals surface area contributed by atoms with Gasteiger partial charge in [0.2, 0.25) is 12.1 Å². The summed E-state index contributed by atoms with van der Waals surface area (Å²) < 4.78 is 7.18. The van der Waals surface area contributed by atoms with Crippen LogP contribution in [0, 0.1) is 0 Å². The van der Waals surface area contributed by atoms with Gasteiger partial charge in [-0.2, -0.15) is 0 Å². The summed E-state index contributed by atoms with van der Waals surface area (Å²) in [4.78, 5) is 25.1. The lowest BCUT2D eigenvalue weighted by atomic mass is 9.99. The second-order valence-corrected chi connectivity index (χ2v) is 6.09. The number of aromatic nitrogens is 2. The first-order chi connectivity index (χ1) is 11.5. The molecule has 0 saturated heterocycles. The Morgan fingerprint density at radius 1 is 1.08 bits per heavy atom. The molecule has 0 spiro atoms. The van der Waals surface area contributed by atoms with Crippen LogP contribution in [0.15, 0.2) is 18.7 Å². The molecule has 7 heteroatoms. The fourth-order valence-electron chi connectivity index (χ4n) is 2.84. The molecule has 1 heterocycles. The second kappa shape index (κ2) is 10.8. The van der Waals surface area contributed by atoms with Gasteiger partial charge in [-0.25, -0.2) is 9.36 Å². The predicted molar refractivity (Wildman–Crippen MR) is 87.4 cm³/mol. The molecular formula is C17H29N2O5+. The molecule has 1 atom stereocenters. The number of carboxylic acid groups (broad SMARTS) is 2. The average Bonchev–Trinajstić information content (AvgIpc) is 3.06. The molecule has 7 nitrogen and oxygen atoms in total. The fraction of sp³-hybridized carbons (Fsp3) is 0.706. The van der Waals surface area contributed by atoms with Crippen molar-refractivity contribution < 1.29 is 29.1 Å². The van der Waals surface area contributed by atoms with Gasteiger partial charge in [0.25, 0.3) is 0 Å². The van der Waals surface area contributed by atoms with Gasteiger partial charge in [0.1, 0.15) is 25.4 Å². The van der Waals surface area contributed by atoms with E-state index in [1.54, 1.807) is 23.3 Å². The molecule has 0 bridgehead atoms. The van der Waals surface area contributed by atoms with E-state index >= 15 is 0 Å². The molecule has 136 valence electrons. The Morgan fingerprint density at radius 3 is 2.29 bits per heavy atom. The van der Waals surface area contributed by atoms with Crippen LogP contribution in [0.3, 0.4) is 0 Å². The Bertz CT molecular complexity index is 489. The first kappa shape index (κ1) is 20.2. The normalized spacial score (nSPS) is 13.5. The Hall–Kier alpha value is -1.89. The molecule has 0 aliphatic heterocycles. The molecule has 0 fully saturated rings. The lowest BCUT2D eigenvalue weighted by Crippen LogP contribution is -2.58. The monoisotopic (exact) mass is 341 g/mol. The molecule has 0 amide bonds. The van der Waals surface area contributed by atoms with Crippen molar-refractivity contribution in [2.24, 2.45) is 0 Å². The summed E-state index contributed by atoms with van der Waals surface area (Å²) in [5.41, 5.74) is -1.17. The zero-order chi connectivity index (χ0) is 17.8. The van der Waals surface area contributed by atoms with Gasteiger partial charge in [-0.15, -0.1) is 0 Å². The lowest BCUT2D eigenvalue weighted by Gasteiger charge is -2.28. The Labute approximate surface area is 142 Å². The summed E-state index contributed by atoms with van der Waals surface area (Å²) in [7, 11) is 0. The van der Waals surface area contributed by atoms with Crippen molar-refractivity contribution in [1.29, 1.82) is 0 Å². The van der Waals surface area contributed by atoms with Gasteiger partial charge in [-0.1, -0.05) is 45.4 Å². The van der Waals surface area contributed by atoms with E-state index in [0.29, 0.717) is 6.42 Å². The number of ether oxygens (including phenoxy) is 1. The van der Waals surface area contributed by atoms with Crippen molar-refractivity contribution in [2.75, 3.05) is 6.61 Å². The maximum Gasteiger partial charge on any atom is 0.329 e. The molecule has 1 aromatic rings. The summed E-state index contributed by atoms with van der Waals surface area (Å²) in [5, 5.41) is 18.2. The van der Waals surface area contributed by atoms with E-state index in [2.05, 4.69) is 11.9 Å². The number of carbonyl (C=O) groups is 2. The van der Waals surface area contributed by atoms with Gasteiger partial charge in [0.15, 0.2) is 0 Å². The minimum Gasteiger partial charge on any atom is -0.481 e. The van der Waals surface area contributed by atoms with Crippen LogP contribution in [0.2, 0.25) is 0 Å². The molecule has 0 radical (unpaired) electrons. The van der Waals surface area contributed by atoms with Crippen LogP contribution >= 0.6 is 0 Å². The molecule has 0 aliphatic rings. The highest BCUT2D eigenvalue weighted by Gasteiger charge is 2.40. The molecule has 1 rings (SSSR count). The topological polar surface area (TPSA) is 104 Å². The smallest absolute Gasteiger partial charge is 0.329 e. The van der Waals surface area contributed by atoms with Crippen LogP contribution in [-0.2, 0) is 20.1 Å². The van der Waals surface area contributed by atoms with E-state index in [9.17, 15) is 14.7 Å². The number of nitrogens with zero attached hydrogens (tertiary/aromatic N) is 1. The summed E-state index contributed by atoms with van der Waals surface area (Å²) in [6.45, 7) is 1.65. The number of nitrogens with one attached hydrogen (secondary N) is 1. The molecule has 24 heavy (non-hydrogen) atoms. The van der Waals surface area contributed by atoms with Gasteiger partial charge in [-0.05, 0) is 6.42 Å². The van der Waals surface area contributed by atoms with Crippen LogP contribution < -0.4 is 4.57 Å². The zero-order valence-corrected chi connectivity index (χ0v) is 14.4. The number of hydrogen-bond donors (Lipinski definition) is 3. The average molecular weight is 341 g/mol. The third kappa shape index (κ3) is 7.12. The highest BCUT2D eigenvalue weighted by molar-refractivity contribution is 5.69. The quantitative estimate of drug-likeness (QED) is 0.356. The largest absolute Gasteiger partial charge is 0.481 e. The van der Waals surface area contributed by atoms with Gasteiger partial charge in [0.05, 0.1) is 0 Å². The highest BCUT2D eigenvalue weighted by Crippen LogP contribution is 2.25. The van der Waals surface area contributed by atoms with Crippen molar-refractivity contribution in [2.45, 2.75) is 70.4 Å². The molecular weight excluding hydrogens is 312 g/mol. The first-order valence-corrected chi connectivity index (χ1v) is 8.62. The summed E-state index contributed by atoms with van der Waals surface area (Å²) in [6.07, 6.45) is 12.8. The Morgan fingerprint density at radius 2 is 1.75 bits per heavy atom. The van der Waals surface area contributed by atoms with Crippen molar-refractivity contribution in [3.05, 3.63) is 18.7 Å². The van der Waals surface area contributed by atoms with E-state index in [1.165, 1.54) is 25.7 Å². The van der Waals surface area contributed by atoms with Crippen molar-refractivity contribution in [1.82, 2.24) is 4.98 Å². The van der Waals surface area contributed by atoms with E-state index in [0.717, 1.165) is 19.3 Å². The molecule has 1 aromatic heterocycles. The minimum absolute atomic E-state index is 0.279. The van der Waals surface area contributed by atoms with Gasteiger partial charge in [-0.3, -0.25) is 9.78 Å². The lowest BCUT2D eigenvalue weighted by molar-refractivity contribution is -0.808. The maximum atomic E-state index is 11.3. The second-order valence-electron chi connectivity index (χ2n) is 6.09. The first-order valence-electron chi connectivity index (χ1n) is 8.62. The molecule has 3 N–H and O–H groups in total. The van der Waals surface area contributed by atoms with Gasteiger partial charge < -0.3 is 14.9 Å². The number of rotatable bonds is 14. The molecule has 0 saturated carbocycles.